The molecule has 0 aromatic heterocycles. The van der Waals surface area contributed by atoms with Gasteiger partial charge in [0.1, 0.15) is 17.4 Å². The van der Waals surface area contributed by atoms with Crippen molar-refractivity contribution in [2.75, 3.05) is 11.1 Å². The monoisotopic (exact) mass is 295 g/mol. The fourth-order valence-electron chi connectivity index (χ4n) is 1.54. The number of halogens is 2. The Morgan fingerprint density at radius 1 is 1.05 bits per heavy atom. The summed E-state index contributed by atoms with van der Waals surface area (Å²) < 4.78 is 37.6. The van der Waals surface area contributed by atoms with Gasteiger partial charge in [0, 0.05) is 10.6 Å². The molecule has 0 aliphatic carbocycles. The highest BCUT2D eigenvalue weighted by atomic mass is 32.2. The minimum Gasteiger partial charge on any atom is -0.325 e. The summed E-state index contributed by atoms with van der Waals surface area (Å²) in [4.78, 5) is 11.9. The van der Waals surface area contributed by atoms with Crippen LogP contribution in [0.15, 0.2) is 53.4 Å². The Bertz CT molecular complexity index is 644. The van der Waals surface area contributed by atoms with Gasteiger partial charge in [-0.15, -0.1) is 0 Å². The lowest BCUT2D eigenvalue weighted by molar-refractivity contribution is -0.113. The van der Waals surface area contributed by atoms with Gasteiger partial charge in [-0.3, -0.25) is 9.00 Å². The van der Waals surface area contributed by atoms with Crippen LogP contribution in [0.5, 0.6) is 0 Å². The maximum atomic E-state index is 13.0. The molecule has 0 aliphatic heterocycles. The largest absolute Gasteiger partial charge is 0.325 e. The van der Waals surface area contributed by atoms with Crippen molar-refractivity contribution in [3.05, 3.63) is 60.2 Å². The van der Waals surface area contributed by atoms with Crippen molar-refractivity contribution < 1.29 is 17.8 Å². The van der Waals surface area contributed by atoms with Crippen molar-refractivity contribution in [3.63, 3.8) is 0 Å². The number of nitrogens with one attached hydrogen (secondary N) is 1. The second-order valence-electron chi connectivity index (χ2n) is 4.00. The normalized spacial score (nSPS) is 11.9. The number of carbonyl (C=O) groups excluding carboxylic acids is 1. The van der Waals surface area contributed by atoms with Gasteiger partial charge in [0.2, 0.25) is 5.91 Å². The van der Waals surface area contributed by atoms with Crippen molar-refractivity contribution >= 4 is 22.4 Å². The molecule has 6 heteroatoms. The molecule has 1 N–H and O–H groups in total. The number of anilines is 1. The zero-order chi connectivity index (χ0) is 14.5. The summed E-state index contributed by atoms with van der Waals surface area (Å²) in [5, 5.41) is 2.49. The van der Waals surface area contributed by atoms with E-state index < -0.39 is 28.3 Å². The fourth-order valence-corrected chi connectivity index (χ4v) is 2.49. The van der Waals surface area contributed by atoms with E-state index in [1.165, 1.54) is 42.5 Å². The molecule has 0 fully saturated rings. The topological polar surface area (TPSA) is 46.2 Å². The van der Waals surface area contributed by atoms with Gasteiger partial charge in [-0.25, -0.2) is 8.78 Å². The van der Waals surface area contributed by atoms with E-state index in [4.69, 9.17) is 0 Å². The maximum absolute atomic E-state index is 13.0. The molecule has 0 heterocycles. The third-order valence-corrected chi connectivity index (χ3v) is 3.75. The lowest BCUT2D eigenvalue weighted by Gasteiger charge is -2.05. The molecular formula is C14H11F2NO2S. The minimum absolute atomic E-state index is 0.249. The van der Waals surface area contributed by atoms with E-state index in [-0.39, 0.29) is 10.6 Å². The van der Waals surface area contributed by atoms with Gasteiger partial charge in [-0.05, 0) is 42.5 Å². The molecule has 1 amide bonds. The quantitative estimate of drug-likeness (QED) is 0.942. The molecule has 1 atom stereocenters. The summed E-state index contributed by atoms with van der Waals surface area (Å²) >= 11 is 0. The average molecular weight is 295 g/mol. The lowest BCUT2D eigenvalue weighted by Crippen LogP contribution is -2.19. The van der Waals surface area contributed by atoms with Gasteiger partial charge in [0.05, 0.1) is 10.8 Å². The summed E-state index contributed by atoms with van der Waals surface area (Å²) in [5.41, 5.74) is 0.410. The second kappa shape index (κ2) is 6.38. The van der Waals surface area contributed by atoms with E-state index in [2.05, 4.69) is 5.32 Å². The fraction of sp³-hybridized carbons (Fsp3) is 0.0714. The molecular weight excluding hydrogens is 284 g/mol. The molecule has 0 spiro atoms. The third-order valence-electron chi connectivity index (χ3n) is 2.45. The van der Waals surface area contributed by atoms with E-state index in [1.54, 1.807) is 0 Å². The van der Waals surface area contributed by atoms with Crippen molar-refractivity contribution in [2.24, 2.45) is 0 Å². The van der Waals surface area contributed by atoms with Gasteiger partial charge in [0.25, 0.3) is 0 Å². The van der Waals surface area contributed by atoms with Crippen LogP contribution in [-0.4, -0.2) is 15.9 Å². The molecule has 3 nitrogen and oxygen atoms in total. The smallest absolute Gasteiger partial charge is 0.237 e. The van der Waals surface area contributed by atoms with Crippen molar-refractivity contribution in [2.45, 2.75) is 4.90 Å². The van der Waals surface area contributed by atoms with Gasteiger partial charge in [0.15, 0.2) is 0 Å². The van der Waals surface area contributed by atoms with Gasteiger partial charge in [-0.1, -0.05) is 6.07 Å². The summed E-state index contributed by atoms with van der Waals surface area (Å²) in [7, 11) is -1.63. The Morgan fingerprint density at radius 2 is 1.75 bits per heavy atom. The summed E-state index contributed by atoms with van der Waals surface area (Å²) in [6.07, 6.45) is 0. The Kier molecular flexibility index (Phi) is 4.57. The molecule has 0 bridgehead atoms. The highest BCUT2D eigenvalue weighted by Crippen LogP contribution is 2.11. The Balaban J connectivity index is 1.97. The number of amides is 1. The molecule has 0 saturated carbocycles. The first-order valence-corrected chi connectivity index (χ1v) is 7.06. The van der Waals surface area contributed by atoms with Crippen LogP contribution in [0.2, 0.25) is 0 Å². The molecule has 0 radical (unpaired) electrons. The van der Waals surface area contributed by atoms with Crippen LogP contribution in [0.25, 0.3) is 0 Å². The van der Waals surface area contributed by atoms with Crippen LogP contribution in [0.3, 0.4) is 0 Å². The van der Waals surface area contributed by atoms with E-state index in [1.807, 2.05) is 0 Å². The first kappa shape index (κ1) is 14.3. The van der Waals surface area contributed by atoms with Crippen molar-refractivity contribution in [1.29, 1.82) is 0 Å². The van der Waals surface area contributed by atoms with E-state index in [9.17, 15) is 17.8 Å². The summed E-state index contributed by atoms with van der Waals surface area (Å²) in [6, 6.07) is 10.5. The molecule has 20 heavy (non-hydrogen) atoms. The summed E-state index contributed by atoms with van der Waals surface area (Å²) in [5.74, 6) is -1.69. The average Bonchev–Trinajstić information content (AvgIpc) is 2.41. The highest BCUT2D eigenvalue weighted by molar-refractivity contribution is 7.85. The third kappa shape index (κ3) is 3.96. The molecule has 2 rings (SSSR count). The van der Waals surface area contributed by atoms with Crippen LogP contribution in [0, 0.1) is 11.6 Å². The zero-order valence-electron chi connectivity index (χ0n) is 10.3. The van der Waals surface area contributed by atoms with Crippen LogP contribution in [-0.2, 0) is 15.6 Å². The number of hydrogen-bond donors (Lipinski definition) is 1. The van der Waals surface area contributed by atoms with Crippen LogP contribution >= 0.6 is 0 Å². The zero-order valence-corrected chi connectivity index (χ0v) is 11.1. The van der Waals surface area contributed by atoms with Crippen LogP contribution in [0.1, 0.15) is 0 Å². The Hall–Kier alpha value is -2.08. The van der Waals surface area contributed by atoms with E-state index >= 15 is 0 Å². The molecule has 0 saturated heterocycles. The number of benzene rings is 2. The predicted molar refractivity (Wildman–Crippen MR) is 72.7 cm³/mol. The van der Waals surface area contributed by atoms with E-state index in [0.717, 1.165) is 6.07 Å². The number of hydrogen-bond acceptors (Lipinski definition) is 2. The Morgan fingerprint density at radius 3 is 2.40 bits per heavy atom. The molecule has 104 valence electrons. The standard InChI is InChI=1S/C14H11F2NO2S/c15-10-4-6-12(7-5-10)17-14(18)9-20(19)13-3-1-2-11(16)8-13/h1-8H,9H2,(H,17,18). The van der Waals surface area contributed by atoms with Crippen LogP contribution in [0.4, 0.5) is 14.5 Å². The second-order valence-corrected chi connectivity index (χ2v) is 5.45. The Labute approximate surface area is 117 Å². The van der Waals surface area contributed by atoms with Gasteiger partial charge in [-0.2, -0.15) is 0 Å². The van der Waals surface area contributed by atoms with Gasteiger partial charge >= 0.3 is 0 Å². The number of carbonyl (C=O) groups is 1. The first-order valence-electron chi connectivity index (χ1n) is 5.74. The van der Waals surface area contributed by atoms with E-state index in [0.29, 0.717) is 5.69 Å². The van der Waals surface area contributed by atoms with Gasteiger partial charge < -0.3 is 5.32 Å². The SMILES string of the molecule is O=C(CS(=O)c1cccc(F)c1)Nc1ccc(F)cc1. The molecule has 0 aliphatic rings. The number of rotatable bonds is 4. The highest BCUT2D eigenvalue weighted by Gasteiger charge is 2.11. The minimum atomic E-state index is -1.63. The van der Waals surface area contributed by atoms with Crippen LogP contribution < -0.4 is 5.32 Å². The molecule has 2 aromatic rings. The lowest BCUT2D eigenvalue weighted by atomic mass is 10.3. The predicted octanol–water partition coefficient (Wildman–Crippen LogP) is 2.71. The molecule has 1 unspecified atom stereocenters. The van der Waals surface area contributed by atoms with Crippen molar-refractivity contribution in [1.82, 2.24) is 0 Å². The molecule has 2 aromatic carbocycles. The summed E-state index contributed by atoms with van der Waals surface area (Å²) in [6.45, 7) is 0. The maximum Gasteiger partial charge on any atom is 0.237 e. The first-order chi connectivity index (χ1) is 9.54. The van der Waals surface area contributed by atoms with Crippen molar-refractivity contribution in [3.8, 4) is 0 Å².